The molecular formula is C13H15FO2. The van der Waals surface area contributed by atoms with E-state index < -0.39 is 11.6 Å². The third kappa shape index (κ3) is 2.60. The van der Waals surface area contributed by atoms with Gasteiger partial charge in [-0.15, -0.1) is 0 Å². The van der Waals surface area contributed by atoms with Gasteiger partial charge in [0.15, 0.2) is 0 Å². The predicted molar refractivity (Wildman–Crippen MR) is 59.2 cm³/mol. The standard InChI is InChI=1S/C13H15FO2/c14-13(6-1-7-13)9-11-4-2-10(3-5-11)8-12(15)16/h2-5H,1,6-9H2,(H,15,16). The molecule has 3 heteroatoms. The van der Waals surface area contributed by atoms with Gasteiger partial charge in [-0.05, 0) is 30.4 Å². The zero-order valence-corrected chi connectivity index (χ0v) is 9.08. The van der Waals surface area contributed by atoms with Crippen LogP contribution in [0.15, 0.2) is 24.3 Å². The Bertz CT molecular complexity index is 379. The molecular weight excluding hydrogens is 207 g/mol. The van der Waals surface area contributed by atoms with Crippen molar-refractivity contribution in [1.82, 2.24) is 0 Å². The Labute approximate surface area is 94.1 Å². The van der Waals surface area contributed by atoms with Crippen LogP contribution in [0.2, 0.25) is 0 Å². The van der Waals surface area contributed by atoms with Gasteiger partial charge in [-0.1, -0.05) is 24.3 Å². The summed E-state index contributed by atoms with van der Waals surface area (Å²) in [6.07, 6.45) is 2.78. The molecule has 1 aromatic carbocycles. The molecule has 1 saturated carbocycles. The van der Waals surface area contributed by atoms with E-state index in [0.29, 0.717) is 19.3 Å². The zero-order valence-electron chi connectivity index (χ0n) is 9.08. The Morgan fingerprint density at radius 3 is 2.25 bits per heavy atom. The summed E-state index contributed by atoms with van der Waals surface area (Å²) in [6, 6.07) is 7.20. The van der Waals surface area contributed by atoms with Gasteiger partial charge in [0.05, 0.1) is 6.42 Å². The topological polar surface area (TPSA) is 37.3 Å². The van der Waals surface area contributed by atoms with Crippen LogP contribution in [0.5, 0.6) is 0 Å². The molecule has 1 aliphatic rings. The molecule has 16 heavy (non-hydrogen) atoms. The predicted octanol–water partition coefficient (Wildman–Crippen LogP) is 2.75. The molecule has 86 valence electrons. The first kappa shape index (κ1) is 11.1. The summed E-state index contributed by atoms with van der Waals surface area (Å²) in [5, 5.41) is 8.61. The molecule has 1 fully saturated rings. The summed E-state index contributed by atoms with van der Waals surface area (Å²) in [7, 11) is 0. The molecule has 0 radical (unpaired) electrons. The first-order valence-electron chi connectivity index (χ1n) is 5.56. The van der Waals surface area contributed by atoms with Crippen molar-refractivity contribution in [2.45, 2.75) is 37.8 Å². The highest BCUT2D eigenvalue weighted by atomic mass is 19.1. The highest BCUT2D eigenvalue weighted by Crippen LogP contribution is 2.38. The lowest BCUT2D eigenvalue weighted by Gasteiger charge is -2.33. The number of alkyl halides is 1. The normalized spacial score (nSPS) is 17.8. The molecule has 0 heterocycles. The van der Waals surface area contributed by atoms with E-state index in [1.807, 2.05) is 12.1 Å². The molecule has 1 N–H and O–H groups in total. The number of benzene rings is 1. The number of hydrogen-bond donors (Lipinski definition) is 1. The van der Waals surface area contributed by atoms with Gasteiger partial charge < -0.3 is 5.11 Å². The molecule has 0 unspecified atom stereocenters. The minimum Gasteiger partial charge on any atom is -0.481 e. The van der Waals surface area contributed by atoms with Gasteiger partial charge in [0.1, 0.15) is 5.67 Å². The Kier molecular flexibility index (Phi) is 2.95. The average molecular weight is 222 g/mol. The van der Waals surface area contributed by atoms with E-state index in [1.165, 1.54) is 0 Å². The first-order chi connectivity index (χ1) is 7.57. The van der Waals surface area contributed by atoms with Gasteiger partial charge in [-0.25, -0.2) is 4.39 Å². The minimum absolute atomic E-state index is 0.0288. The largest absolute Gasteiger partial charge is 0.481 e. The molecule has 0 bridgehead atoms. The number of carboxylic acid groups (broad SMARTS) is 1. The van der Waals surface area contributed by atoms with Crippen molar-refractivity contribution < 1.29 is 14.3 Å². The van der Waals surface area contributed by atoms with E-state index in [9.17, 15) is 9.18 Å². The molecule has 1 aromatic rings. The lowest BCUT2D eigenvalue weighted by molar-refractivity contribution is -0.136. The van der Waals surface area contributed by atoms with E-state index >= 15 is 0 Å². The van der Waals surface area contributed by atoms with Crippen LogP contribution < -0.4 is 0 Å². The maximum absolute atomic E-state index is 13.8. The van der Waals surface area contributed by atoms with Crippen LogP contribution in [0, 0.1) is 0 Å². The monoisotopic (exact) mass is 222 g/mol. The van der Waals surface area contributed by atoms with Crippen molar-refractivity contribution in [3.05, 3.63) is 35.4 Å². The third-order valence-corrected chi connectivity index (χ3v) is 3.15. The highest BCUT2D eigenvalue weighted by molar-refractivity contribution is 5.70. The summed E-state index contributed by atoms with van der Waals surface area (Å²) >= 11 is 0. The van der Waals surface area contributed by atoms with E-state index in [4.69, 9.17) is 5.11 Å². The molecule has 2 nitrogen and oxygen atoms in total. The molecule has 1 aliphatic carbocycles. The fourth-order valence-electron chi connectivity index (χ4n) is 2.05. The zero-order chi connectivity index (χ0) is 11.6. The molecule has 0 atom stereocenters. The van der Waals surface area contributed by atoms with Crippen LogP contribution in [-0.4, -0.2) is 16.7 Å². The fourth-order valence-corrected chi connectivity index (χ4v) is 2.05. The Balaban J connectivity index is 1.99. The SMILES string of the molecule is O=C(O)Cc1ccc(CC2(F)CCC2)cc1. The van der Waals surface area contributed by atoms with Gasteiger partial charge in [-0.2, -0.15) is 0 Å². The first-order valence-corrected chi connectivity index (χ1v) is 5.56. The second-order valence-electron chi connectivity index (χ2n) is 4.57. The lowest BCUT2D eigenvalue weighted by Crippen LogP contribution is -2.34. The summed E-state index contributed by atoms with van der Waals surface area (Å²) in [4.78, 5) is 10.5. The van der Waals surface area contributed by atoms with Crippen LogP contribution in [0.4, 0.5) is 4.39 Å². The number of carboxylic acids is 1. The van der Waals surface area contributed by atoms with Crippen molar-refractivity contribution in [2.75, 3.05) is 0 Å². The summed E-state index contributed by atoms with van der Waals surface area (Å²) in [6.45, 7) is 0. The number of rotatable bonds is 4. The minimum atomic E-state index is -1.01. The van der Waals surface area contributed by atoms with Crippen molar-refractivity contribution in [3.8, 4) is 0 Å². The molecule has 2 rings (SSSR count). The fraction of sp³-hybridized carbons (Fsp3) is 0.462. The van der Waals surface area contributed by atoms with Crippen molar-refractivity contribution in [2.24, 2.45) is 0 Å². The van der Waals surface area contributed by atoms with Crippen LogP contribution in [0.1, 0.15) is 30.4 Å². The Morgan fingerprint density at radius 1 is 1.25 bits per heavy atom. The Morgan fingerprint density at radius 2 is 1.81 bits per heavy atom. The van der Waals surface area contributed by atoms with Gasteiger partial charge in [0, 0.05) is 6.42 Å². The van der Waals surface area contributed by atoms with Crippen LogP contribution in [0.25, 0.3) is 0 Å². The van der Waals surface area contributed by atoms with Crippen LogP contribution >= 0.6 is 0 Å². The smallest absolute Gasteiger partial charge is 0.307 e. The Hall–Kier alpha value is -1.38. The van der Waals surface area contributed by atoms with Crippen LogP contribution in [-0.2, 0) is 17.6 Å². The van der Waals surface area contributed by atoms with Crippen molar-refractivity contribution in [1.29, 1.82) is 0 Å². The van der Waals surface area contributed by atoms with Gasteiger partial charge in [-0.3, -0.25) is 4.79 Å². The maximum atomic E-state index is 13.8. The molecule has 0 saturated heterocycles. The number of hydrogen-bond acceptors (Lipinski definition) is 1. The van der Waals surface area contributed by atoms with Crippen molar-refractivity contribution in [3.63, 3.8) is 0 Å². The summed E-state index contributed by atoms with van der Waals surface area (Å²) in [5.41, 5.74) is 0.711. The summed E-state index contributed by atoms with van der Waals surface area (Å²) in [5.74, 6) is -0.839. The van der Waals surface area contributed by atoms with E-state index in [0.717, 1.165) is 17.5 Å². The van der Waals surface area contributed by atoms with E-state index in [1.54, 1.807) is 12.1 Å². The molecule has 0 aromatic heterocycles. The second-order valence-corrected chi connectivity index (χ2v) is 4.57. The maximum Gasteiger partial charge on any atom is 0.307 e. The van der Waals surface area contributed by atoms with E-state index in [-0.39, 0.29) is 6.42 Å². The number of aliphatic carboxylic acids is 1. The van der Waals surface area contributed by atoms with Gasteiger partial charge >= 0.3 is 5.97 Å². The van der Waals surface area contributed by atoms with Crippen molar-refractivity contribution >= 4 is 5.97 Å². The van der Waals surface area contributed by atoms with Gasteiger partial charge in [0.2, 0.25) is 0 Å². The highest BCUT2D eigenvalue weighted by Gasteiger charge is 2.36. The third-order valence-electron chi connectivity index (χ3n) is 3.15. The van der Waals surface area contributed by atoms with Gasteiger partial charge in [0.25, 0.3) is 0 Å². The number of carbonyl (C=O) groups is 1. The second kappa shape index (κ2) is 4.24. The summed E-state index contributed by atoms with van der Waals surface area (Å²) < 4.78 is 13.8. The van der Waals surface area contributed by atoms with Crippen LogP contribution in [0.3, 0.4) is 0 Å². The molecule has 0 amide bonds. The van der Waals surface area contributed by atoms with E-state index in [2.05, 4.69) is 0 Å². The quantitative estimate of drug-likeness (QED) is 0.850. The molecule has 0 spiro atoms. The molecule has 0 aliphatic heterocycles. The average Bonchev–Trinajstić information content (AvgIpc) is 2.18. The number of halogens is 1. The lowest BCUT2D eigenvalue weighted by atomic mass is 9.78.